The Kier molecular flexibility index (Phi) is 3.31. The molecule has 0 spiro atoms. The van der Waals surface area contributed by atoms with E-state index in [1.165, 1.54) is 7.11 Å². The first-order chi connectivity index (χ1) is 11.7. The molecule has 2 heterocycles. The summed E-state index contributed by atoms with van der Waals surface area (Å²) >= 11 is 0. The van der Waals surface area contributed by atoms with E-state index >= 15 is 0 Å². The van der Waals surface area contributed by atoms with E-state index in [2.05, 4.69) is 9.97 Å². The Morgan fingerprint density at radius 2 is 1.79 bits per heavy atom. The van der Waals surface area contributed by atoms with Crippen LogP contribution < -0.4 is 0 Å². The first kappa shape index (κ1) is 14.5. The molecule has 2 aromatic heterocycles. The fourth-order valence-electron chi connectivity index (χ4n) is 3.04. The van der Waals surface area contributed by atoms with Crippen molar-refractivity contribution in [3.63, 3.8) is 0 Å². The zero-order valence-corrected chi connectivity index (χ0v) is 13.5. The predicted molar refractivity (Wildman–Crippen MR) is 95.1 cm³/mol. The minimum absolute atomic E-state index is 0.393. The van der Waals surface area contributed by atoms with Crippen molar-refractivity contribution in [2.45, 2.75) is 6.92 Å². The van der Waals surface area contributed by atoms with Gasteiger partial charge in [-0.25, -0.2) is 4.79 Å². The van der Waals surface area contributed by atoms with E-state index in [-0.39, 0.29) is 0 Å². The number of aromatic amines is 1. The van der Waals surface area contributed by atoms with Gasteiger partial charge >= 0.3 is 5.97 Å². The molecule has 0 unspecified atom stereocenters. The van der Waals surface area contributed by atoms with Crippen LogP contribution in [-0.2, 0) is 4.74 Å². The summed E-state index contributed by atoms with van der Waals surface area (Å²) < 4.78 is 5.03. The molecule has 0 aliphatic rings. The molecule has 118 valence electrons. The average Bonchev–Trinajstić information content (AvgIpc) is 2.99. The number of hydrogen-bond donors (Lipinski definition) is 1. The predicted octanol–water partition coefficient (Wildman–Crippen LogP) is 4.48. The minimum atomic E-state index is -0.393. The summed E-state index contributed by atoms with van der Waals surface area (Å²) in [5.41, 5.74) is 4.87. The fraction of sp³-hybridized carbons (Fsp3) is 0.100. The third-order valence-corrected chi connectivity index (χ3v) is 4.27. The van der Waals surface area contributed by atoms with Gasteiger partial charge in [0, 0.05) is 28.0 Å². The number of carbonyl (C=O) groups excluding carboxylic acids is 1. The first-order valence-corrected chi connectivity index (χ1v) is 7.74. The molecular formula is C20H16N2O2. The third-order valence-electron chi connectivity index (χ3n) is 4.27. The summed E-state index contributed by atoms with van der Waals surface area (Å²) in [7, 11) is 1.39. The average molecular weight is 316 g/mol. The largest absolute Gasteiger partial charge is 0.465 e. The van der Waals surface area contributed by atoms with Crippen LogP contribution in [0.2, 0.25) is 0 Å². The van der Waals surface area contributed by atoms with Crippen LogP contribution >= 0.6 is 0 Å². The molecule has 1 N–H and O–H groups in total. The standard InChI is InChI=1S/C20H16N2O2/c1-12-7-9-13(10-8-12)18-17(20(23)24-2)19-15(11-21-18)14-5-3-4-6-16(14)22-19/h3-11,22H,1-2H3. The molecule has 0 aliphatic heterocycles. The van der Waals surface area contributed by atoms with E-state index < -0.39 is 5.97 Å². The summed E-state index contributed by atoms with van der Waals surface area (Å²) in [6, 6.07) is 15.9. The highest BCUT2D eigenvalue weighted by molar-refractivity contribution is 6.16. The van der Waals surface area contributed by atoms with Crippen molar-refractivity contribution in [3.8, 4) is 11.3 Å². The van der Waals surface area contributed by atoms with Gasteiger partial charge < -0.3 is 9.72 Å². The van der Waals surface area contributed by atoms with Gasteiger partial charge in [-0.05, 0) is 13.0 Å². The third kappa shape index (κ3) is 2.15. The molecule has 0 fully saturated rings. The Morgan fingerprint density at radius 3 is 2.54 bits per heavy atom. The van der Waals surface area contributed by atoms with Crippen molar-refractivity contribution in [2.24, 2.45) is 0 Å². The highest BCUT2D eigenvalue weighted by Gasteiger charge is 2.21. The molecule has 0 atom stereocenters. The maximum Gasteiger partial charge on any atom is 0.342 e. The lowest BCUT2D eigenvalue weighted by molar-refractivity contribution is 0.0603. The number of para-hydroxylation sites is 1. The number of rotatable bonds is 2. The van der Waals surface area contributed by atoms with E-state index in [1.54, 1.807) is 0 Å². The molecule has 0 aliphatic carbocycles. The molecular weight excluding hydrogens is 300 g/mol. The Hall–Kier alpha value is -3.14. The number of H-pyrrole nitrogens is 1. The van der Waals surface area contributed by atoms with Crippen molar-refractivity contribution in [1.82, 2.24) is 9.97 Å². The minimum Gasteiger partial charge on any atom is -0.465 e. The summed E-state index contributed by atoms with van der Waals surface area (Å²) in [4.78, 5) is 20.4. The quantitative estimate of drug-likeness (QED) is 0.555. The van der Waals surface area contributed by atoms with Crippen molar-refractivity contribution in [3.05, 3.63) is 65.9 Å². The van der Waals surface area contributed by atoms with Gasteiger partial charge in [0.25, 0.3) is 0 Å². The van der Waals surface area contributed by atoms with Crippen LogP contribution in [0.3, 0.4) is 0 Å². The first-order valence-electron chi connectivity index (χ1n) is 7.74. The zero-order chi connectivity index (χ0) is 16.7. The van der Waals surface area contributed by atoms with Gasteiger partial charge in [0.2, 0.25) is 0 Å². The van der Waals surface area contributed by atoms with Gasteiger partial charge in [-0.1, -0.05) is 48.0 Å². The lowest BCUT2D eigenvalue weighted by Gasteiger charge is -2.09. The van der Waals surface area contributed by atoms with Crippen LogP contribution in [0.4, 0.5) is 0 Å². The summed E-state index contributed by atoms with van der Waals surface area (Å²) in [6.45, 7) is 2.03. The Bertz CT molecular complexity index is 1060. The van der Waals surface area contributed by atoms with Gasteiger partial charge in [0.15, 0.2) is 0 Å². The number of pyridine rings is 1. The van der Waals surface area contributed by atoms with Gasteiger partial charge in [-0.2, -0.15) is 0 Å². The van der Waals surface area contributed by atoms with E-state index in [4.69, 9.17) is 4.74 Å². The van der Waals surface area contributed by atoms with E-state index in [1.807, 2.05) is 61.7 Å². The number of nitrogens with zero attached hydrogens (tertiary/aromatic N) is 1. The Morgan fingerprint density at radius 1 is 1.04 bits per heavy atom. The van der Waals surface area contributed by atoms with Crippen molar-refractivity contribution < 1.29 is 9.53 Å². The molecule has 0 bridgehead atoms. The maximum absolute atomic E-state index is 12.5. The van der Waals surface area contributed by atoms with Gasteiger partial charge in [0.1, 0.15) is 5.56 Å². The number of fused-ring (bicyclic) bond motifs is 3. The second kappa shape index (κ2) is 5.49. The molecule has 0 saturated heterocycles. The SMILES string of the molecule is COC(=O)c1c(-c2ccc(C)cc2)ncc2c1[nH]c1ccccc12. The number of esters is 1. The highest BCUT2D eigenvalue weighted by Crippen LogP contribution is 2.32. The molecule has 4 nitrogen and oxygen atoms in total. The molecule has 24 heavy (non-hydrogen) atoms. The molecule has 0 radical (unpaired) electrons. The molecule has 4 heteroatoms. The summed E-state index contributed by atoms with van der Waals surface area (Å²) in [5.74, 6) is -0.393. The number of ether oxygens (including phenoxy) is 1. The van der Waals surface area contributed by atoms with E-state index in [9.17, 15) is 4.79 Å². The summed E-state index contributed by atoms with van der Waals surface area (Å²) in [5, 5.41) is 1.96. The smallest absolute Gasteiger partial charge is 0.342 e. The topological polar surface area (TPSA) is 55.0 Å². The number of methoxy groups -OCH3 is 1. The van der Waals surface area contributed by atoms with Crippen LogP contribution in [0.25, 0.3) is 33.1 Å². The van der Waals surface area contributed by atoms with Crippen LogP contribution in [0.15, 0.2) is 54.7 Å². The number of benzene rings is 2. The van der Waals surface area contributed by atoms with Crippen LogP contribution in [0.5, 0.6) is 0 Å². The van der Waals surface area contributed by atoms with E-state index in [0.29, 0.717) is 11.3 Å². The van der Waals surface area contributed by atoms with Crippen molar-refractivity contribution in [2.75, 3.05) is 7.11 Å². The lowest BCUT2D eigenvalue weighted by Crippen LogP contribution is -2.06. The molecule has 0 amide bonds. The van der Waals surface area contributed by atoms with Crippen LogP contribution in [0, 0.1) is 6.92 Å². The molecule has 4 rings (SSSR count). The van der Waals surface area contributed by atoms with E-state index in [0.717, 1.165) is 32.9 Å². The van der Waals surface area contributed by atoms with Crippen LogP contribution in [-0.4, -0.2) is 23.0 Å². The maximum atomic E-state index is 12.5. The number of hydrogen-bond acceptors (Lipinski definition) is 3. The second-order valence-corrected chi connectivity index (χ2v) is 5.80. The molecule has 0 saturated carbocycles. The van der Waals surface area contributed by atoms with Crippen molar-refractivity contribution in [1.29, 1.82) is 0 Å². The number of carbonyl (C=O) groups is 1. The van der Waals surface area contributed by atoms with Gasteiger partial charge in [0.05, 0.1) is 18.3 Å². The highest BCUT2D eigenvalue weighted by atomic mass is 16.5. The molecule has 2 aromatic carbocycles. The van der Waals surface area contributed by atoms with Gasteiger partial charge in [-0.3, -0.25) is 4.98 Å². The fourth-order valence-corrected chi connectivity index (χ4v) is 3.04. The zero-order valence-electron chi connectivity index (χ0n) is 13.5. The lowest BCUT2D eigenvalue weighted by atomic mass is 10.0. The number of aromatic nitrogens is 2. The van der Waals surface area contributed by atoms with Crippen molar-refractivity contribution >= 4 is 27.8 Å². The second-order valence-electron chi connectivity index (χ2n) is 5.80. The normalized spacial score (nSPS) is 11.1. The van der Waals surface area contributed by atoms with Gasteiger partial charge in [-0.15, -0.1) is 0 Å². The number of nitrogens with one attached hydrogen (secondary N) is 1. The number of aryl methyl sites for hydroxylation is 1. The molecule has 4 aromatic rings. The Balaban J connectivity index is 2.08. The monoisotopic (exact) mass is 316 g/mol. The Labute approximate surface area is 139 Å². The summed E-state index contributed by atoms with van der Waals surface area (Å²) in [6.07, 6.45) is 1.82. The van der Waals surface area contributed by atoms with Crippen LogP contribution in [0.1, 0.15) is 15.9 Å².